The number of nitrogen functional groups attached to an aromatic ring is 1. The van der Waals surface area contributed by atoms with Gasteiger partial charge in [0.2, 0.25) is 0 Å². The summed E-state index contributed by atoms with van der Waals surface area (Å²) >= 11 is 0. The van der Waals surface area contributed by atoms with Gasteiger partial charge >= 0.3 is 24.4 Å². The Morgan fingerprint density at radius 2 is 1.49 bits per heavy atom. The van der Waals surface area contributed by atoms with E-state index in [1.165, 1.54) is 0 Å². The summed E-state index contributed by atoms with van der Waals surface area (Å²) in [6.07, 6.45) is -10.7. The second kappa shape index (κ2) is 8.96. The molecule has 188 valence electrons. The van der Waals surface area contributed by atoms with Crippen LogP contribution in [-0.2, 0) is 17.1 Å². The van der Waals surface area contributed by atoms with Gasteiger partial charge in [0.1, 0.15) is 11.9 Å². The number of carbonyl (C=O) groups is 3. The molecule has 2 heterocycles. The number of benzene rings is 1. The van der Waals surface area contributed by atoms with Crippen molar-refractivity contribution in [2.24, 2.45) is 0 Å². The third kappa shape index (κ3) is 5.38. The summed E-state index contributed by atoms with van der Waals surface area (Å²) in [7, 11) is 0. The zero-order chi connectivity index (χ0) is 26.3. The summed E-state index contributed by atoms with van der Waals surface area (Å²) in [6, 6.07) is 0.133. The Morgan fingerprint density at radius 1 is 0.914 bits per heavy atom. The number of alkyl halides is 6. The number of nitrogens with two attached hydrogens (primary N) is 1. The Morgan fingerprint density at radius 3 is 1.97 bits per heavy atom. The number of pyridine rings is 1. The number of hydrogen-bond acceptors (Lipinski definition) is 5. The SMILES string of the molecule is Nc1ncc(-c2cc(C(F)(F)F)cc(C(F)(F)F)c2)cc1C(=O)N1CCN(C(=O)O)C[C@H]1C(=O)O. The van der Waals surface area contributed by atoms with Crippen molar-refractivity contribution in [1.82, 2.24) is 14.8 Å². The minimum absolute atomic E-state index is 0.0559. The Balaban J connectivity index is 2.06. The topological polar surface area (TPSA) is 137 Å². The van der Waals surface area contributed by atoms with Crippen LogP contribution in [0.2, 0.25) is 0 Å². The number of anilines is 1. The maximum Gasteiger partial charge on any atom is 0.416 e. The fourth-order valence-electron chi connectivity index (χ4n) is 3.49. The fourth-order valence-corrected chi connectivity index (χ4v) is 3.49. The average Bonchev–Trinajstić information content (AvgIpc) is 2.77. The first-order valence-corrected chi connectivity index (χ1v) is 9.66. The molecule has 1 atom stereocenters. The zero-order valence-corrected chi connectivity index (χ0v) is 17.4. The summed E-state index contributed by atoms with van der Waals surface area (Å²) < 4.78 is 79.2. The molecule has 2 aromatic rings. The number of halogens is 6. The first kappa shape index (κ1) is 25.6. The molecule has 1 fully saturated rings. The van der Waals surface area contributed by atoms with E-state index in [-0.39, 0.29) is 24.7 Å². The standard InChI is InChI=1S/C20H16F6N4O5/c21-19(22,23)11-3-9(4-12(6-11)20(24,25)26)10-5-13(15(27)28-7-10)16(31)30-2-1-29(18(34)35)8-14(30)17(32)33/h3-7,14H,1-2,8H2,(H2,27,28)(H,32,33)(H,34,35)/t14-/m0/s1. The molecule has 0 radical (unpaired) electrons. The van der Waals surface area contributed by atoms with E-state index in [1.54, 1.807) is 0 Å². The zero-order valence-electron chi connectivity index (χ0n) is 17.4. The Labute approximate surface area is 192 Å². The number of amides is 2. The van der Waals surface area contributed by atoms with Gasteiger partial charge in [0, 0.05) is 24.8 Å². The van der Waals surface area contributed by atoms with Gasteiger partial charge in [-0.15, -0.1) is 0 Å². The lowest BCUT2D eigenvalue weighted by Gasteiger charge is -2.38. The molecule has 0 unspecified atom stereocenters. The van der Waals surface area contributed by atoms with Crippen molar-refractivity contribution in [3.05, 3.63) is 47.2 Å². The van der Waals surface area contributed by atoms with Crippen LogP contribution >= 0.6 is 0 Å². The van der Waals surface area contributed by atoms with Crippen molar-refractivity contribution in [2.45, 2.75) is 18.4 Å². The van der Waals surface area contributed by atoms with Crippen molar-refractivity contribution in [3.8, 4) is 11.1 Å². The lowest BCUT2D eigenvalue weighted by atomic mass is 9.98. The van der Waals surface area contributed by atoms with E-state index < -0.39 is 71.0 Å². The summed E-state index contributed by atoms with van der Waals surface area (Å²) in [6.45, 7) is -1.15. The summed E-state index contributed by atoms with van der Waals surface area (Å²) in [5, 5.41) is 18.5. The number of carbonyl (C=O) groups excluding carboxylic acids is 1. The summed E-state index contributed by atoms with van der Waals surface area (Å²) in [5.41, 5.74) is 1.20. The number of piperazine rings is 1. The molecule has 4 N–H and O–H groups in total. The van der Waals surface area contributed by atoms with E-state index in [0.717, 1.165) is 22.1 Å². The second-order valence-electron chi connectivity index (χ2n) is 7.53. The molecule has 1 aromatic heterocycles. The van der Waals surface area contributed by atoms with Crippen molar-refractivity contribution in [3.63, 3.8) is 0 Å². The average molecular weight is 506 g/mol. The molecule has 0 spiro atoms. The van der Waals surface area contributed by atoms with Crippen LogP contribution in [0.5, 0.6) is 0 Å². The van der Waals surface area contributed by atoms with Gasteiger partial charge in [0.25, 0.3) is 5.91 Å². The molecule has 1 aliphatic rings. The minimum Gasteiger partial charge on any atom is -0.480 e. The van der Waals surface area contributed by atoms with Gasteiger partial charge in [-0.3, -0.25) is 4.79 Å². The first-order valence-electron chi connectivity index (χ1n) is 9.66. The Kier molecular flexibility index (Phi) is 6.55. The number of hydrogen-bond donors (Lipinski definition) is 3. The predicted molar refractivity (Wildman–Crippen MR) is 106 cm³/mol. The molecule has 1 saturated heterocycles. The predicted octanol–water partition coefficient (Wildman–Crippen LogP) is 3.26. The van der Waals surface area contributed by atoms with Gasteiger partial charge in [0.05, 0.1) is 23.2 Å². The van der Waals surface area contributed by atoms with Crippen LogP contribution in [0.25, 0.3) is 11.1 Å². The monoisotopic (exact) mass is 506 g/mol. The first-order chi connectivity index (χ1) is 16.1. The number of rotatable bonds is 3. The maximum absolute atomic E-state index is 13.2. The molecular weight excluding hydrogens is 490 g/mol. The molecule has 0 bridgehead atoms. The van der Waals surface area contributed by atoms with E-state index in [4.69, 9.17) is 10.8 Å². The largest absolute Gasteiger partial charge is 0.480 e. The molecule has 3 rings (SSSR count). The summed E-state index contributed by atoms with van der Waals surface area (Å²) in [4.78, 5) is 41.1. The second-order valence-corrected chi connectivity index (χ2v) is 7.53. The van der Waals surface area contributed by atoms with Crippen LogP contribution in [0.4, 0.5) is 37.0 Å². The maximum atomic E-state index is 13.2. The number of nitrogens with zero attached hydrogens (tertiary/aromatic N) is 3. The minimum atomic E-state index is -5.10. The van der Waals surface area contributed by atoms with E-state index in [2.05, 4.69) is 4.98 Å². The number of aliphatic carboxylic acids is 1. The van der Waals surface area contributed by atoms with Crippen LogP contribution in [0.3, 0.4) is 0 Å². The van der Waals surface area contributed by atoms with Gasteiger partial charge in [-0.1, -0.05) is 0 Å². The lowest BCUT2D eigenvalue weighted by Crippen LogP contribution is -2.59. The smallest absolute Gasteiger partial charge is 0.416 e. The Bertz CT molecular complexity index is 1150. The molecule has 1 aliphatic heterocycles. The lowest BCUT2D eigenvalue weighted by molar-refractivity contribution is -0.144. The van der Waals surface area contributed by atoms with Crippen molar-refractivity contribution in [2.75, 3.05) is 25.4 Å². The van der Waals surface area contributed by atoms with E-state index in [9.17, 15) is 45.8 Å². The van der Waals surface area contributed by atoms with Crippen LogP contribution in [-0.4, -0.2) is 68.6 Å². The van der Waals surface area contributed by atoms with Crippen LogP contribution in [0, 0.1) is 0 Å². The van der Waals surface area contributed by atoms with E-state index in [0.29, 0.717) is 12.1 Å². The van der Waals surface area contributed by atoms with E-state index >= 15 is 0 Å². The fraction of sp³-hybridized carbons (Fsp3) is 0.300. The highest BCUT2D eigenvalue weighted by atomic mass is 19.4. The number of carboxylic acids is 1. The highest BCUT2D eigenvalue weighted by Crippen LogP contribution is 2.39. The molecule has 15 heteroatoms. The molecule has 2 amide bonds. The summed E-state index contributed by atoms with van der Waals surface area (Å²) in [5.74, 6) is -3.01. The van der Waals surface area contributed by atoms with E-state index in [1.807, 2.05) is 0 Å². The highest BCUT2D eigenvalue weighted by molar-refractivity contribution is 6.01. The molecule has 0 saturated carbocycles. The number of carboxylic acid groups (broad SMARTS) is 2. The van der Waals surface area contributed by atoms with Gasteiger partial charge in [-0.05, 0) is 29.8 Å². The van der Waals surface area contributed by atoms with Crippen LogP contribution in [0.15, 0.2) is 30.5 Å². The van der Waals surface area contributed by atoms with Gasteiger partial charge in [0.15, 0.2) is 0 Å². The third-order valence-corrected chi connectivity index (χ3v) is 5.27. The van der Waals surface area contributed by atoms with Gasteiger partial charge in [-0.2, -0.15) is 26.3 Å². The van der Waals surface area contributed by atoms with Crippen molar-refractivity contribution < 1.29 is 50.9 Å². The molecule has 9 nitrogen and oxygen atoms in total. The van der Waals surface area contributed by atoms with Gasteiger partial charge in [-0.25, -0.2) is 14.6 Å². The quantitative estimate of drug-likeness (QED) is 0.544. The Hall–Kier alpha value is -4.04. The van der Waals surface area contributed by atoms with Crippen LogP contribution in [0.1, 0.15) is 21.5 Å². The normalized spacial score (nSPS) is 16.8. The molecule has 0 aliphatic carbocycles. The number of aromatic nitrogens is 1. The third-order valence-electron chi connectivity index (χ3n) is 5.27. The molecule has 35 heavy (non-hydrogen) atoms. The molecule has 1 aromatic carbocycles. The van der Waals surface area contributed by atoms with Crippen molar-refractivity contribution in [1.29, 1.82) is 0 Å². The van der Waals surface area contributed by atoms with Crippen LogP contribution < -0.4 is 5.73 Å². The van der Waals surface area contributed by atoms with Gasteiger partial charge < -0.3 is 25.7 Å². The highest BCUT2D eigenvalue weighted by Gasteiger charge is 2.39. The molecular formula is C20H16F6N4O5. The van der Waals surface area contributed by atoms with Crippen molar-refractivity contribution >= 4 is 23.8 Å².